The molecule has 0 saturated heterocycles. The molecule has 102 valence electrons. The van der Waals surface area contributed by atoms with Crippen molar-refractivity contribution in [2.24, 2.45) is 0 Å². The summed E-state index contributed by atoms with van der Waals surface area (Å²) < 4.78 is 0. The molecule has 0 atom stereocenters. The van der Waals surface area contributed by atoms with Crippen LogP contribution in [0, 0.1) is 17.0 Å². The molecule has 0 amide bonds. The predicted octanol–water partition coefficient (Wildman–Crippen LogP) is 3.98. The molecule has 0 aliphatic heterocycles. The molecule has 2 aromatic rings. The van der Waals surface area contributed by atoms with Crippen molar-refractivity contribution in [3.05, 3.63) is 74.3 Å². The maximum absolute atomic E-state index is 12.3. The third-order valence-electron chi connectivity index (χ3n) is 3.07. The Labute approximate surface area is 121 Å². The van der Waals surface area contributed by atoms with Gasteiger partial charge in [-0.3, -0.25) is 14.9 Å². The van der Waals surface area contributed by atoms with Crippen LogP contribution in [-0.4, -0.2) is 10.7 Å². The Bertz CT molecular complexity index is 683. The first kappa shape index (κ1) is 14.2. The molecule has 0 radical (unpaired) electrons. The van der Waals surface area contributed by atoms with E-state index in [1.165, 1.54) is 18.2 Å². The normalized spacial score (nSPS) is 10.3. The minimum Gasteiger partial charge on any atom is -0.294 e. The second-order valence-corrected chi connectivity index (χ2v) is 4.88. The fourth-order valence-electron chi connectivity index (χ4n) is 1.97. The van der Waals surface area contributed by atoms with E-state index >= 15 is 0 Å². The fourth-order valence-corrected chi connectivity index (χ4v) is 2.13. The second-order valence-electron chi connectivity index (χ2n) is 4.45. The smallest absolute Gasteiger partial charge is 0.281 e. The Balaban J connectivity index is 2.35. The van der Waals surface area contributed by atoms with E-state index in [2.05, 4.69) is 0 Å². The highest BCUT2D eigenvalue weighted by Gasteiger charge is 2.20. The van der Waals surface area contributed by atoms with Crippen LogP contribution in [0.4, 0.5) is 5.69 Å². The minimum atomic E-state index is -0.586. The minimum absolute atomic E-state index is 0.0858. The molecule has 2 rings (SSSR count). The van der Waals surface area contributed by atoms with Gasteiger partial charge >= 0.3 is 0 Å². The van der Waals surface area contributed by atoms with Crippen LogP contribution in [0.15, 0.2) is 42.5 Å². The number of Topliss-reactive ketones (excluding diaryl/α,β-unsaturated/α-hetero) is 1. The Morgan fingerprint density at radius 1 is 1.25 bits per heavy atom. The molecular formula is C15H12ClNO3. The van der Waals surface area contributed by atoms with Crippen molar-refractivity contribution in [1.82, 2.24) is 0 Å². The average Bonchev–Trinajstić information content (AvgIpc) is 2.41. The Morgan fingerprint density at radius 3 is 2.60 bits per heavy atom. The zero-order valence-corrected chi connectivity index (χ0v) is 11.6. The quantitative estimate of drug-likeness (QED) is 0.486. The SMILES string of the molecule is Cc1ccccc1CC(=O)c1ccc(Cl)cc1[N+](=O)[O-]. The summed E-state index contributed by atoms with van der Waals surface area (Å²) in [4.78, 5) is 22.7. The van der Waals surface area contributed by atoms with E-state index < -0.39 is 4.92 Å². The topological polar surface area (TPSA) is 60.2 Å². The van der Waals surface area contributed by atoms with Crippen LogP contribution in [0.5, 0.6) is 0 Å². The number of rotatable bonds is 4. The van der Waals surface area contributed by atoms with Gasteiger partial charge in [0.15, 0.2) is 5.78 Å². The first-order chi connectivity index (χ1) is 9.49. The largest absolute Gasteiger partial charge is 0.294 e. The Kier molecular flexibility index (Phi) is 4.15. The van der Waals surface area contributed by atoms with Gasteiger partial charge in [-0.15, -0.1) is 0 Å². The van der Waals surface area contributed by atoms with Crippen molar-refractivity contribution in [2.45, 2.75) is 13.3 Å². The Hall–Kier alpha value is -2.20. The average molecular weight is 290 g/mol. The number of carbonyl (C=O) groups excluding carboxylic acids is 1. The van der Waals surface area contributed by atoms with Crippen LogP contribution in [0.2, 0.25) is 5.02 Å². The van der Waals surface area contributed by atoms with Crippen molar-refractivity contribution in [2.75, 3.05) is 0 Å². The highest BCUT2D eigenvalue weighted by Crippen LogP contribution is 2.25. The summed E-state index contributed by atoms with van der Waals surface area (Å²) in [5.74, 6) is -0.289. The van der Waals surface area contributed by atoms with Crippen molar-refractivity contribution >= 4 is 23.1 Å². The highest BCUT2D eigenvalue weighted by molar-refractivity contribution is 6.31. The number of hydrogen-bond acceptors (Lipinski definition) is 3. The number of carbonyl (C=O) groups is 1. The van der Waals surface area contributed by atoms with Crippen LogP contribution in [0.25, 0.3) is 0 Å². The summed E-state index contributed by atoms with van der Waals surface area (Å²) in [6.45, 7) is 1.90. The van der Waals surface area contributed by atoms with Gasteiger partial charge in [0.25, 0.3) is 5.69 Å². The second kappa shape index (κ2) is 5.84. The van der Waals surface area contributed by atoms with E-state index in [1.807, 2.05) is 31.2 Å². The van der Waals surface area contributed by atoms with E-state index in [1.54, 1.807) is 0 Å². The number of aryl methyl sites for hydroxylation is 1. The number of nitro benzene ring substituents is 1. The molecule has 5 heteroatoms. The van der Waals surface area contributed by atoms with E-state index in [-0.39, 0.29) is 28.5 Å². The van der Waals surface area contributed by atoms with Crippen molar-refractivity contribution in [1.29, 1.82) is 0 Å². The summed E-state index contributed by atoms with van der Waals surface area (Å²) in [7, 11) is 0. The molecule has 4 nitrogen and oxygen atoms in total. The van der Waals surface area contributed by atoms with E-state index in [4.69, 9.17) is 11.6 Å². The van der Waals surface area contributed by atoms with Gasteiger partial charge in [0.1, 0.15) is 0 Å². The van der Waals surface area contributed by atoms with Crippen LogP contribution in [-0.2, 0) is 6.42 Å². The lowest BCUT2D eigenvalue weighted by Gasteiger charge is -2.06. The molecule has 0 fully saturated rings. The molecule has 20 heavy (non-hydrogen) atoms. The van der Waals surface area contributed by atoms with Crippen LogP contribution in [0.3, 0.4) is 0 Å². The fraction of sp³-hybridized carbons (Fsp3) is 0.133. The van der Waals surface area contributed by atoms with E-state index in [9.17, 15) is 14.9 Å². The lowest BCUT2D eigenvalue weighted by molar-refractivity contribution is -0.385. The summed E-state index contributed by atoms with van der Waals surface area (Å²) in [5, 5.41) is 11.2. The molecule has 0 saturated carbocycles. The molecule has 0 bridgehead atoms. The van der Waals surface area contributed by atoms with Gasteiger partial charge in [0.2, 0.25) is 0 Å². The number of halogens is 1. The van der Waals surface area contributed by atoms with Gasteiger partial charge < -0.3 is 0 Å². The van der Waals surface area contributed by atoms with Crippen molar-refractivity contribution in [3.63, 3.8) is 0 Å². The van der Waals surface area contributed by atoms with Gasteiger partial charge in [0.05, 0.1) is 10.5 Å². The first-order valence-corrected chi connectivity index (χ1v) is 6.38. The van der Waals surface area contributed by atoms with Crippen LogP contribution < -0.4 is 0 Å². The lowest BCUT2D eigenvalue weighted by Crippen LogP contribution is -2.08. The summed E-state index contributed by atoms with van der Waals surface area (Å²) in [6.07, 6.45) is 0.134. The lowest BCUT2D eigenvalue weighted by atomic mass is 9.98. The molecule has 0 unspecified atom stereocenters. The summed E-state index contributed by atoms with van der Waals surface area (Å²) in [6, 6.07) is 11.6. The maximum Gasteiger partial charge on any atom is 0.281 e. The predicted molar refractivity (Wildman–Crippen MR) is 77.3 cm³/mol. The van der Waals surface area contributed by atoms with Crippen LogP contribution >= 0.6 is 11.6 Å². The number of benzene rings is 2. The molecule has 0 spiro atoms. The zero-order valence-electron chi connectivity index (χ0n) is 10.8. The number of nitrogens with zero attached hydrogens (tertiary/aromatic N) is 1. The van der Waals surface area contributed by atoms with E-state index in [0.717, 1.165) is 11.1 Å². The van der Waals surface area contributed by atoms with Crippen LogP contribution in [0.1, 0.15) is 21.5 Å². The third kappa shape index (κ3) is 3.03. The maximum atomic E-state index is 12.3. The van der Waals surface area contributed by atoms with Gasteiger partial charge in [-0.2, -0.15) is 0 Å². The van der Waals surface area contributed by atoms with Gasteiger partial charge in [-0.25, -0.2) is 0 Å². The number of hydrogen-bond donors (Lipinski definition) is 0. The Morgan fingerprint density at radius 2 is 1.95 bits per heavy atom. The first-order valence-electron chi connectivity index (χ1n) is 6.00. The monoisotopic (exact) mass is 289 g/mol. The number of nitro groups is 1. The van der Waals surface area contributed by atoms with Crippen molar-refractivity contribution in [3.8, 4) is 0 Å². The molecule has 0 aromatic heterocycles. The number of ketones is 1. The van der Waals surface area contributed by atoms with Gasteiger partial charge in [-0.1, -0.05) is 35.9 Å². The van der Waals surface area contributed by atoms with Gasteiger partial charge in [0, 0.05) is 17.5 Å². The summed E-state index contributed by atoms with van der Waals surface area (Å²) in [5.41, 5.74) is 1.68. The molecule has 0 heterocycles. The highest BCUT2D eigenvalue weighted by atomic mass is 35.5. The molecule has 2 aromatic carbocycles. The van der Waals surface area contributed by atoms with E-state index in [0.29, 0.717) is 0 Å². The molecular weight excluding hydrogens is 278 g/mol. The zero-order chi connectivity index (χ0) is 14.7. The third-order valence-corrected chi connectivity index (χ3v) is 3.30. The molecule has 0 N–H and O–H groups in total. The van der Waals surface area contributed by atoms with Crippen molar-refractivity contribution < 1.29 is 9.72 Å². The van der Waals surface area contributed by atoms with Gasteiger partial charge in [-0.05, 0) is 30.2 Å². The standard InChI is InChI=1S/C15H12ClNO3/c1-10-4-2-3-5-11(10)8-15(18)13-7-6-12(16)9-14(13)17(19)20/h2-7,9H,8H2,1H3. The summed E-state index contributed by atoms with van der Waals surface area (Å²) >= 11 is 5.74. The molecule has 0 aliphatic rings. The molecule has 0 aliphatic carbocycles.